The van der Waals surface area contributed by atoms with Crippen LogP contribution in [0.3, 0.4) is 0 Å². The maximum absolute atomic E-state index is 10.6. The number of benzene rings is 1. The fourth-order valence-corrected chi connectivity index (χ4v) is 2.76. The van der Waals surface area contributed by atoms with Crippen molar-refractivity contribution in [1.29, 1.82) is 0 Å². The molecular weight excluding hydrogens is 300 g/mol. The number of aliphatic hydroxyl groups is 1. The zero-order chi connectivity index (χ0) is 12.3. The van der Waals surface area contributed by atoms with Crippen molar-refractivity contribution >= 4 is 33.6 Å². The summed E-state index contributed by atoms with van der Waals surface area (Å²) in [7, 11) is 0. The number of aldehydes is 1. The van der Waals surface area contributed by atoms with Crippen molar-refractivity contribution in [3.8, 4) is 0 Å². The van der Waals surface area contributed by atoms with E-state index >= 15 is 0 Å². The van der Waals surface area contributed by atoms with Gasteiger partial charge in [-0.3, -0.25) is 4.79 Å². The molecule has 0 saturated carbocycles. The number of hydrogen-bond donors (Lipinski definition) is 1. The minimum Gasteiger partial charge on any atom is -0.388 e. The summed E-state index contributed by atoms with van der Waals surface area (Å²) in [6, 6.07) is 9.43. The standard InChI is InChI=1S/C13H11BrO2S/c14-11-3-1-2-10(6-11)13(16)5-9-4-12(7-15)17-8-9/h1-4,6-8,13,16H,5H2. The van der Waals surface area contributed by atoms with Crippen molar-refractivity contribution in [3.63, 3.8) is 0 Å². The number of halogens is 1. The fraction of sp³-hybridized carbons (Fsp3) is 0.154. The van der Waals surface area contributed by atoms with E-state index < -0.39 is 6.10 Å². The molecule has 0 aliphatic rings. The number of rotatable bonds is 4. The molecule has 0 spiro atoms. The van der Waals surface area contributed by atoms with Crippen LogP contribution in [0, 0.1) is 0 Å². The zero-order valence-corrected chi connectivity index (χ0v) is 11.4. The Hall–Kier alpha value is -0.970. The Bertz CT molecular complexity index is 522. The first kappa shape index (κ1) is 12.5. The predicted molar refractivity (Wildman–Crippen MR) is 72.5 cm³/mol. The third-order valence-corrected chi connectivity index (χ3v) is 3.85. The third kappa shape index (κ3) is 3.25. The van der Waals surface area contributed by atoms with E-state index in [9.17, 15) is 9.90 Å². The zero-order valence-electron chi connectivity index (χ0n) is 8.97. The van der Waals surface area contributed by atoms with Crippen LogP contribution in [0.4, 0.5) is 0 Å². The molecule has 2 rings (SSSR count). The Morgan fingerprint density at radius 3 is 2.88 bits per heavy atom. The quantitative estimate of drug-likeness (QED) is 0.876. The van der Waals surface area contributed by atoms with E-state index in [1.165, 1.54) is 11.3 Å². The van der Waals surface area contributed by atoms with Crippen molar-refractivity contribution in [2.24, 2.45) is 0 Å². The second-order valence-corrected chi connectivity index (χ2v) is 5.61. The monoisotopic (exact) mass is 310 g/mol. The van der Waals surface area contributed by atoms with E-state index in [4.69, 9.17) is 0 Å². The highest BCUT2D eigenvalue weighted by Crippen LogP contribution is 2.23. The van der Waals surface area contributed by atoms with E-state index in [0.29, 0.717) is 11.3 Å². The summed E-state index contributed by atoms with van der Waals surface area (Å²) in [4.78, 5) is 11.3. The van der Waals surface area contributed by atoms with E-state index in [2.05, 4.69) is 15.9 Å². The molecule has 1 aromatic heterocycles. The number of carbonyl (C=O) groups is 1. The van der Waals surface area contributed by atoms with Crippen LogP contribution in [0.15, 0.2) is 40.2 Å². The van der Waals surface area contributed by atoms with Crippen molar-refractivity contribution in [3.05, 3.63) is 56.2 Å². The number of carbonyl (C=O) groups excluding carboxylic acids is 1. The summed E-state index contributed by atoms with van der Waals surface area (Å²) < 4.78 is 0.952. The van der Waals surface area contributed by atoms with Crippen LogP contribution in [-0.2, 0) is 6.42 Å². The van der Waals surface area contributed by atoms with E-state index in [1.807, 2.05) is 35.7 Å². The average Bonchev–Trinajstić information content (AvgIpc) is 2.77. The van der Waals surface area contributed by atoms with E-state index in [0.717, 1.165) is 21.9 Å². The molecule has 1 heterocycles. The summed E-state index contributed by atoms with van der Waals surface area (Å²) in [5.41, 5.74) is 1.86. The molecule has 2 aromatic rings. The summed E-state index contributed by atoms with van der Waals surface area (Å²) in [6.45, 7) is 0. The fourth-order valence-electron chi connectivity index (χ4n) is 1.62. The highest BCUT2D eigenvalue weighted by molar-refractivity contribution is 9.10. The van der Waals surface area contributed by atoms with Crippen molar-refractivity contribution in [2.45, 2.75) is 12.5 Å². The molecule has 0 radical (unpaired) electrons. The topological polar surface area (TPSA) is 37.3 Å². The minimum atomic E-state index is -0.540. The maximum atomic E-state index is 10.6. The number of thiophene rings is 1. The van der Waals surface area contributed by atoms with Gasteiger partial charge >= 0.3 is 0 Å². The summed E-state index contributed by atoms with van der Waals surface area (Å²) in [5, 5.41) is 12.0. The summed E-state index contributed by atoms with van der Waals surface area (Å²) in [6.07, 6.45) is 0.821. The van der Waals surface area contributed by atoms with Crippen LogP contribution in [0.2, 0.25) is 0 Å². The van der Waals surface area contributed by atoms with Gasteiger partial charge in [0, 0.05) is 10.9 Å². The normalized spacial score (nSPS) is 12.4. The van der Waals surface area contributed by atoms with Gasteiger partial charge in [-0.05, 0) is 34.7 Å². The highest BCUT2D eigenvalue weighted by Gasteiger charge is 2.10. The van der Waals surface area contributed by atoms with Crippen LogP contribution in [0.5, 0.6) is 0 Å². The molecule has 2 nitrogen and oxygen atoms in total. The lowest BCUT2D eigenvalue weighted by molar-refractivity contribution is 0.112. The van der Waals surface area contributed by atoms with Crippen LogP contribution in [-0.4, -0.2) is 11.4 Å². The first-order valence-corrected chi connectivity index (χ1v) is 6.82. The molecular formula is C13H11BrO2S. The van der Waals surface area contributed by atoms with Crippen molar-refractivity contribution in [1.82, 2.24) is 0 Å². The highest BCUT2D eigenvalue weighted by atomic mass is 79.9. The molecule has 1 aromatic carbocycles. The molecule has 0 saturated heterocycles. The van der Waals surface area contributed by atoms with E-state index in [-0.39, 0.29) is 0 Å². The molecule has 1 unspecified atom stereocenters. The van der Waals surface area contributed by atoms with Crippen molar-refractivity contribution in [2.75, 3.05) is 0 Å². The Balaban J connectivity index is 2.10. The second kappa shape index (κ2) is 5.58. The molecule has 1 N–H and O–H groups in total. The van der Waals surface area contributed by atoms with E-state index in [1.54, 1.807) is 0 Å². The molecule has 4 heteroatoms. The minimum absolute atomic E-state index is 0.529. The Morgan fingerprint density at radius 1 is 1.41 bits per heavy atom. The SMILES string of the molecule is O=Cc1cc(CC(O)c2cccc(Br)c2)cs1. The van der Waals surface area contributed by atoms with Crippen LogP contribution in [0.25, 0.3) is 0 Å². The molecule has 0 aliphatic heterocycles. The average molecular weight is 311 g/mol. The maximum Gasteiger partial charge on any atom is 0.160 e. The van der Waals surface area contributed by atoms with Crippen molar-refractivity contribution < 1.29 is 9.90 Å². The van der Waals surface area contributed by atoms with Crippen LogP contribution in [0.1, 0.15) is 26.9 Å². The molecule has 1 atom stereocenters. The van der Waals surface area contributed by atoms with Crippen LogP contribution >= 0.6 is 27.3 Å². The predicted octanol–water partition coefficient (Wildman–Crippen LogP) is 3.60. The molecule has 0 aliphatic carbocycles. The Kier molecular flexibility index (Phi) is 4.10. The van der Waals surface area contributed by atoms with Gasteiger partial charge in [-0.25, -0.2) is 0 Å². The molecule has 0 amide bonds. The first-order chi connectivity index (χ1) is 8.19. The van der Waals surface area contributed by atoms with Gasteiger partial charge in [-0.1, -0.05) is 28.1 Å². The number of aliphatic hydroxyl groups excluding tert-OH is 1. The molecule has 88 valence electrons. The molecule has 0 bridgehead atoms. The van der Waals surface area contributed by atoms with Crippen LogP contribution < -0.4 is 0 Å². The van der Waals surface area contributed by atoms with Gasteiger partial charge in [0.1, 0.15) is 0 Å². The second-order valence-electron chi connectivity index (χ2n) is 3.75. The van der Waals surface area contributed by atoms with Gasteiger partial charge in [0.05, 0.1) is 11.0 Å². The van der Waals surface area contributed by atoms with Gasteiger partial charge in [0.2, 0.25) is 0 Å². The van der Waals surface area contributed by atoms with Gasteiger partial charge in [-0.2, -0.15) is 0 Å². The Morgan fingerprint density at radius 2 is 2.24 bits per heavy atom. The lowest BCUT2D eigenvalue weighted by Gasteiger charge is -2.10. The smallest absolute Gasteiger partial charge is 0.160 e. The number of hydrogen-bond acceptors (Lipinski definition) is 3. The first-order valence-electron chi connectivity index (χ1n) is 5.15. The third-order valence-electron chi connectivity index (χ3n) is 2.45. The molecule has 0 fully saturated rings. The Labute approximate surface area is 112 Å². The van der Waals surface area contributed by atoms with Gasteiger partial charge in [0.25, 0.3) is 0 Å². The summed E-state index contributed by atoms with van der Waals surface area (Å²) in [5.74, 6) is 0. The summed E-state index contributed by atoms with van der Waals surface area (Å²) >= 11 is 4.78. The lowest BCUT2D eigenvalue weighted by atomic mass is 10.0. The largest absolute Gasteiger partial charge is 0.388 e. The van der Waals surface area contributed by atoms with Gasteiger partial charge < -0.3 is 5.11 Å². The lowest BCUT2D eigenvalue weighted by Crippen LogP contribution is -2.00. The van der Waals surface area contributed by atoms with Gasteiger partial charge in [0.15, 0.2) is 6.29 Å². The molecule has 17 heavy (non-hydrogen) atoms. The van der Waals surface area contributed by atoms with Gasteiger partial charge in [-0.15, -0.1) is 11.3 Å².